The highest BCUT2D eigenvalue weighted by Crippen LogP contribution is 2.31. The van der Waals surface area contributed by atoms with Gasteiger partial charge in [-0.15, -0.1) is 0 Å². The van der Waals surface area contributed by atoms with Crippen molar-refractivity contribution in [3.8, 4) is 0 Å². The van der Waals surface area contributed by atoms with Gasteiger partial charge in [0.15, 0.2) is 5.78 Å². The van der Waals surface area contributed by atoms with Gasteiger partial charge in [0.1, 0.15) is 16.5 Å². The molecule has 1 saturated heterocycles. The lowest BCUT2D eigenvalue weighted by molar-refractivity contribution is 0.0647. The first-order chi connectivity index (χ1) is 16.5. The molecule has 0 saturated carbocycles. The van der Waals surface area contributed by atoms with Crippen molar-refractivity contribution in [3.05, 3.63) is 47.4 Å². The van der Waals surface area contributed by atoms with Crippen LogP contribution in [0.2, 0.25) is 5.15 Å². The summed E-state index contributed by atoms with van der Waals surface area (Å²) in [5.41, 5.74) is 2.25. The smallest absolute Gasteiger partial charge is 0.408 e. The van der Waals surface area contributed by atoms with Crippen LogP contribution in [0.1, 0.15) is 50.9 Å². The lowest BCUT2D eigenvalue weighted by atomic mass is 9.97. The number of carboxylic acid groups (broad SMARTS) is 1. The summed E-state index contributed by atoms with van der Waals surface area (Å²) in [5, 5.41) is 13.4. The van der Waals surface area contributed by atoms with E-state index in [1.165, 1.54) is 13.1 Å². The molecule has 0 aliphatic carbocycles. The lowest BCUT2D eigenvalue weighted by Crippen LogP contribution is -2.57. The third-order valence-corrected chi connectivity index (χ3v) is 6.30. The van der Waals surface area contributed by atoms with Gasteiger partial charge in [0.2, 0.25) is 0 Å². The maximum Gasteiger partial charge on any atom is 0.408 e. The molecule has 0 spiro atoms. The Morgan fingerprint density at radius 3 is 2.57 bits per heavy atom. The Labute approximate surface area is 209 Å². The van der Waals surface area contributed by atoms with E-state index in [4.69, 9.17) is 11.6 Å². The quantitative estimate of drug-likeness (QED) is 0.358. The molecule has 4 rings (SSSR count). The second kappa shape index (κ2) is 9.65. The largest absolute Gasteiger partial charge is 0.465 e. The van der Waals surface area contributed by atoms with E-state index in [-0.39, 0.29) is 11.8 Å². The first kappa shape index (κ1) is 24.7. The maximum absolute atomic E-state index is 12.2. The maximum atomic E-state index is 12.2. The summed E-state index contributed by atoms with van der Waals surface area (Å²) in [5.74, 6) is 0.626. The molecule has 0 aromatic carbocycles. The number of piperidine rings is 1. The molecule has 2 N–H and O–H groups in total. The minimum atomic E-state index is -0.906. The minimum Gasteiger partial charge on any atom is -0.465 e. The van der Waals surface area contributed by atoms with Crippen LogP contribution in [-0.4, -0.2) is 61.5 Å². The number of fused-ring (bicyclic) bond motifs is 1. The van der Waals surface area contributed by atoms with E-state index in [2.05, 4.69) is 25.2 Å². The summed E-state index contributed by atoms with van der Waals surface area (Å²) in [6, 6.07) is 7.07. The number of carbonyl (C=O) groups is 2. The summed E-state index contributed by atoms with van der Waals surface area (Å²) in [7, 11) is 0. The second-order valence-corrected chi connectivity index (χ2v) is 10.1. The fourth-order valence-corrected chi connectivity index (χ4v) is 4.74. The highest BCUT2D eigenvalue weighted by molar-refractivity contribution is 6.30. The molecule has 1 amide bonds. The molecule has 9 nitrogen and oxygen atoms in total. The summed E-state index contributed by atoms with van der Waals surface area (Å²) >= 11 is 6.10. The topological polar surface area (TPSA) is 112 Å². The summed E-state index contributed by atoms with van der Waals surface area (Å²) in [4.78, 5) is 41.2. The van der Waals surface area contributed by atoms with E-state index in [0.717, 1.165) is 25.2 Å². The normalized spacial score (nSPS) is 16.3. The lowest BCUT2D eigenvalue weighted by Gasteiger charge is -2.44. The Morgan fingerprint density at radius 1 is 1.17 bits per heavy atom. The summed E-state index contributed by atoms with van der Waals surface area (Å²) in [6.07, 6.45) is 4.01. The van der Waals surface area contributed by atoms with Crippen molar-refractivity contribution in [1.82, 2.24) is 19.9 Å². The fraction of sp³-hybridized carbons (Fsp3) is 0.400. The van der Waals surface area contributed by atoms with Gasteiger partial charge in [0.05, 0.1) is 34.7 Å². The summed E-state index contributed by atoms with van der Waals surface area (Å²) in [6.45, 7) is 8.61. The molecule has 1 atom stereocenters. The molecule has 10 heteroatoms. The molecule has 1 fully saturated rings. The Kier molecular flexibility index (Phi) is 6.80. The first-order valence-corrected chi connectivity index (χ1v) is 11.9. The molecule has 0 radical (unpaired) electrons. The Bertz CT molecular complexity index is 1260. The first-order valence-electron chi connectivity index (χ1n) is 11.5. The van der Waals surface area contributed by atoms with Crippen LogP contribution in [0.15, 0.2) is 36.7 Å². The van der Waals surface area contributed by atoms with Crippen molar-refractivity contribution in [3.63, 3.8) is 0 Å². The number of Topliss-reactive ketones (excluding diaryl/α,β-unsaturated/α-hetero) is 1. The van der Waals surface area contributed by atoms with Crippen molar-refractivity contribution in [2.24, 2.45) is 0 Å². The Hall–Kier alpha value is -3.46. The van der Waals surface area contributed by atoms with E-state index in [1.54, 1.807) is 23.2 Å². The van der Waals surface area contributed by atoms with Gasteiger partial charge < -0.3 is 15.3 Å². The molecular weight excluding hydrogens is 468 g/mol. The van der Waals surface area contributed by atoms with Crippen molar-refractivity contribution in [1.29, 1.82) is 0 Å². The number of rotatable bonds is 5. The van der Waals surface area contributed by atoms with Crippen LogP contribution in [0.5, 0.6) is 0 Å². The number of ketones is 1. The highest BCUT2D eigenvalue weighted by Gasteiger charge is 2.36. The van der Waals surface area contributed by atoms with Crippen LogP contribution in [0.25, 0.3) is 11.0 Å². The molecule has 0 unspecified atom stereocenters. The van der Waals surface area contributed by atoms with Gasteiger partial charge in [-0.05, 0) is 64.8 Å². The van der Waals surface area contributed by atoms with E-state index in [0.29, 0.717) is 39.7 Å². The average Bonchev–Trinajstić information content (AvgIpc) is 2.78. The number of nitrogens with one attached hydrogen (secondary N) is 1. The van der Waals surface area contributed by atoms with Gasteiger partial charge in [-0.1, -0.05) is 11.6 Å². The van der Waals surface area contributed by atoms with Gasteiger partial charge in [-0.25, -0.2) is 14.8 Å². The van der Waals surface area contributed by atoms with E-state index >= 15 is 0 Å². The third kappa shape index (κ3) is 5.30. The van der Waals surface area contributed by atoms with Crippen molar-refractivity contribution >= 4 is 51.7 Å². The van der Waals surface area contributed by atoms with Crippen molar-refractivity contribution in [2.45, 2.75) is 52.1 Å². The molecule has 3 aromatic rings. The van der Waals surface area contributed by atoms with Crippen LogP contribution >= 0.6 is 11.6 Å². The predicted molar refractivity (Wildman–Crippen MR) is 137 cm³/mol. The van der Waals surface area contributed by atoms with Gasteiger partial charge in [0.25, 0.3) is 0 Å². The van der Waals surface area contributed by atoms with Crippen LogP contribution in [0, 0.1) is 0 Å². The SMILES string of the molecule is CC(=O)c1cnc2ccc(Cl)nc2c1Nc1ccc(N2CCC[C@H](N(C(=O)O)C(C)(C)C)C2)nc1. The fourth-order valence-electron chi connectivity index (χ4n) is 4.59. The Balaban J connectivity index is 1.58. The Morgan fingerprint density at radius 2 is 1.94 bits per heavy atom. The number of aromatic nitrogens is 3. The highest BCUT2D eigenvalue weighted by atomic mass is 35.5. The zero-order valence-corrected chi connectivity index (χ0v) is 21.0. The van der Waals surface area contributed by atoms with Gasteiger partial charge in [0, 0.05) is 24.8 Å². The number of hydrogen-bond donors (Lipinski definition) is 2. The molecular formula is C25H29ClN6O3. The number of anilines is 3. The van der Waals surface area contributed by atoms with Gasteiger partial charge >= 0.3 is 6.09 Å². The van der Waals surface area contributed by atoms with E-state index in [9.17, 15) is 14.7 Å². The summed E-state index contributed by atoms with van der Waals surface area (Å²) < 4.78 is 0. The predicted octanol–water partition coefficient (Wildman–Crippen LogP) is 5.37. The van der Waals surface area contributed by atoms with Crippen LogP contribution in [-0.2, 0) is 0 Å². The molecule has 3 aromatic heterocycles. The third-order valence-electron chi connectivity index (χ3n) is 6.09. The zero-order valence-electron chi connectivity index (χ0n) is 20.2. The molecule has 0 bridgehead atoms. The van der Waals surface area contributed by atoms with E-state index in [1.807, 2.05) is 32.9 Å². The van der Waals surface area contributed by atoms with Crippen LogP contribution < -0.4 is 10.2 Å². The second-order valence-electron chi connectivity index (χ2n) is 9.70. The van der Waals surface area contributed by atoms with Crippen molar-refractivity contribution in [2.75, 3.05) is 23.3 Å². The van der Waals surface area contributed by atoms with E-state index < -0.39 is 11.6 Å². The molecule has 184 valence electrons. The zero-order chi connectivity index (χ0) is 25.3. The molecule has 1 aliphatic heterocycles. The monoisotopic (exact) mass is 496 g/mol. The van der Waals surface area contributed by atoms with Crippen molar-refractivity contribution < 1.29 is 14.7 Å². The number of hydrogen-bond acceptors (Lipinski definition) is 7. The number of nitrogens with zero attached hydrogens (tertiary/aromatic N) is 5. The average molecular weight is 497 g/mol. The number of halogens is 1. The number of amides is 1. The number of carbonyl (C=O) groups excluding carboxylic acids is 1. The van der Waals surface area contributed by atoms with Gasteiger partial charge in [-0.3, -0.25) is 14.7 Å². The standard InChI is InChI=1S/C25H29ClN6O3/c1-15(33)18-13-27-19-8-9-20(26)30-23(19)22(18)29-16-7-10-21(28-12-16)31-11-5-6-17(14-31)32(24(34)35)25(2,3)4/h7-10,12-13,17H,5-6,11,14H2,1-4H3,(H,27,29)(H,34,35)/t17-/m0/s1. The molecule has 4 heterocycles. The molecule has 35 heavy (non-hydrogen) atoms. The minimum absolute atomic E-state index is 0.113. The van der Waals surface area contributed by atoms with Gasteiger partial charge in [-0.2, -0.15) is 0 Å². The van der Waals surface area contributed by atoms with Crippen LogP contribution in [0.4, 0.5) is 22.0 Å². The molecule has 1 aliphatic rings. The van der Waals surface area contributed by atoms with Crippen LogP contribution in [0.3, 0.4) is 0 Å². The number of pyridine rings is 3.